The van der Waals surface area contributed by atoms with Gasteiger partial charge in [-0.1, -0.05) is 0 Å². The van der Waals surface area contributed by atoms with Gasteiger partial charge in [0, 0.05) is 33.0 Å². The minimum absolute atomic E-state index is 0.0161. The highest BCUT2D eigenvalue weighted by atomic mass is 32.1. The van der Waals surface area contributed by atoms with Crippen molar-refractivity contribution in [2.75, 3.05) is 7.05 Å². The van der Waals surface area contributed by atoms with E-state index in [4.69, 9.17) is 0 Å². The van der Waals surface area contributed by atoms with Crippen LogP contribution in [-0.4, -0.2) is 27.5 Å². The number of hydrogen-bond acceptors (Lipinski definition) is 3. The molecule has 1 atom stereocenters. The van der Waals surface area contributed by atoms with Crippen molar-refractivity contribution < 1.29 is 4.79 Å². The molecule has 1 fully saturated rings. The molecule has 0 bridgehead atoms. The molecule has 0 spiro atoms. The number of nitrogens with zero attached hydrogens (tertiary/aromatic N) is 3. The Morgan fingerprint density at radius 3 is 3.00 bits per heavy atom. The first-order valence-corrected chi connectivity index (χ1v) is 8.09. The van der Waals surface area contributed by atoms with Gasteiger partial charge >= 0.3 is 6.03 Å². The zero-order chi connectivity index (χ0) is 14.8. The lowest BCUT2D eigenvalue weighted by Crippen LogP contribution is -2.40. The van der Waals surface area contributed by atoms with E-state index in [0.29, 0.717) is 12.5 Å². The first-order valence-electron chi connectivity index (χ1n) is 7.15. The maximum Gasteiger partial charge on any atom is 0.318 e. The largest absolute Gasteiger partial charge is 0.336 e. The molecule has 0 saturated heterocycles. The molecule has 1 aliphatic carbocycles. The van der Waals surface area contributed by atoms with Crippen molar-refractivity contribution in [1.29, 1.82) is 0 Å². The Balaban J connectivity index is 1.65. The molecule has 2 aromatic rings. The average molecular weight is 304 g/mol. The Morgan fingerprint density at radius 2 is 2.43 bits per heavy atom. The highest BCUT2D eigenvalue weighted by molar-refractivity contribution is 7.07. The van der Waals surface area contributed by atoms with Gasteiger partial charge in [0.15, 0.2) is 0 Å². The van der Waals surface area contributed by atoms with E-state index in [2.05, 4.69) is 15.7 Å². The summed E-state index contributed by atoms with van der Waals surface area (Å²) >= 11 is 1.65. The van der Waals surface area contributed by atoms with Gasteiger partial charge in [0.2, 0.25) is 0 Å². The summed E-state index contributed by atoms with van der Waals surface area (Å²) in [4.78, 5) is 18.5. The number of thiophene rings is 1. The molecular weight excluding hydrogens is 284 g/mol. The number of aromatic nitrogens is 2. The van der Waals surface area contributed by atoms with Crippen LogP contribution in [0.3, 0.4) is 0 Å². The van der Waals surface area contributed by atoms with Crippen LogP contribution in [0.5, 0.6) is 0 Å². The van der Waals surface area contributed by atoms with E-state index >= 15 is 0 Å². The third kappa shape index (κ3) is 3.26. The summed E-state index contributed by atoms with van der Waals surface area (Å²) in [5.41, 5.74) is 1.16. The molecule has 0 aromatic carbocycles. The van der Waals surface area contributed by atoms with E-state index in [-0.39, 0.29) is 12.1 Å². The van der Waals surface area contributed by atoms with Crippen LogP contribution in [0.1, 0.15) is 30.3 Å². The van der Waals surface area contributed by atoms with Gasteiger partial charge in [0.25, 0.3) is 0 Å². The third-order valence-electron chi connectivity index (χ3n) is 3.86. The van der Waals surface area contributed by atoms with Crippen molar-refractivity contribution in [1.82, 2.24) is 19.8 Å². The van der Waals surface area contributed by atoms with Gasteiger partial charge < -0.3 is 14.8 Å². The van der Waals surface area contributed by atoms with Crippen LogP contribution in [0.2, 0.25) is 0 Å². The van der Waals surface area contributed by atoms with Crippen LogP contribution in [0.15, 0.2) is 29.2 Å². The van der Waals surface area contributed by atoms with Crippen molar-refractivity contribution in [3.05, 3.63) is 40.6 Å². The topological polar surface area (TPSA) is 50.2 Å². The maximum atomic E-state index is 12.4. The van der Waals surface area contributed by atoms with Crippen LogP contribution < -0.4 is 5.32 Å². The standard InChI is InChI=1S/C15H20N4OS/c1-18-7-6-16-14(18)13(12-3-4-12)17-15(20)19(2)9-11-5-8-21-10-11/h5-8,10,12-13H,3-4,9H2,1-2H3,(H,17,20)/t13-/m0/s1. The average Bonchev–Trinajstić information content (AvgIpc) is 3.02. The second kappa shape index (κ2) is 5.89. The van der Waals surface area contributed by atoms with Gasteiger partial charge in [-0.15, -0.1) is 0 Å². The fourth-order valence-electron chi connectivity index (χ4n) is 2.47. The molecule has 1 N–H and O–H groups in total. The number of amides is 2. The predicted molar refractivity (Wildman–Crippen MR) is 83.0 cm³/mol. The molecule has 0 unspecified atom stereocenters. The molecule has 2 aromatic heterocycles. The lowest BCUT2D eigenvalue weighted by Gasteiger charge is -2.23. The lowest BCUT2D eigenvalue weighted by atomic mass is 10.1. The van der Waals surface area contributed by atoms with Crippen LogP contribution in [-0.2, 0) is 13.6 Å². The summed E-state index contributed by atoms with van der Waals surface area (Å²) in [7, 11) is 3.80. The van der Waals surface area contributed by atoms with Gasteiger partial charge in [-0.2, -0.15) is 11.3 Å². The Hall–Kier alpha value is -1.82. The number of urea groups is 1. The minimum atomic E-state index is -0.0406. The summed E-state index contributed by atoms with van der Waals surface area (Å²) in [6, 6.07) is 2.02. The number of hydrogen-bond donors (Lipinski definition) is 1. The monoisotopic (exact) mass is 304 g/mol. The zero-order valence-corrected chi connectivity index (χ0v) is 13.1. The summed E-state index contributed by atoms with van der Waals surface area (Å²) in [5.74, 6) is 1.46. The number of imidazole rings is 1. The number of rotatable bonds is 5. The molecule has 2 heterocycles. The molecule has 21 heavy (non-hydrogen) atoms. The highest BCUT2D eigenvalue weighted by Gasteiger charge is 2.36. The number of carbonyl (C=O) groups is 1. The van der Waals surface area contributed by atoms with Gasteiger partial charge in [-0.25, -0.2) is 9.78 Å². The third-order valence-corrected chi connectivity index (χ3v) is 4.59. The van der Waals surface area contributed by atoms with E-state index in [0.717, 1.165) is 24.2 Å². The molecular formula is C15H20N4OS. The molecule has 0 radical (unpaired) electrons. The Morgan fingerprint density at radius 1 is 1.62 bits per heavy atom. The first-order chi connectivity index (χ1) is 10.1. The van der Waals surface area contributed by atoms with Gasteiger partial charge in [0.1, 0.15) is 5.82 Å². The van der Waals surface area contributed by atoms with E-state index in [9.17, 15) is 4.79 Å². The van der Waals surface area contributed by atoms with Crippen molar-refractivity contribution in [2.24, 2.45) is 13.0 Å². The van der Waals surface area contributed by atoms with Crippen molar-refractivity contribution >= 4 is 17.4 Å². The summed E-state index contributed by atoms with van der Waals surface area (Å²) < 4.78 is 1.99. The van der Waals surface area contributed by atoms with Crippen molar-refractivity contribution in [2.45, 2.75) is 25.4 Å². The van der Waals surface area contributed by atoms with E-state index in [1.807, 2.05) is 36.3 Å². The number of nitrogens with one attached hydrogen (secondary N) is 1. The van der Waals surface area contributed by atoms with E-state index in [1.54, 1.807) is 22.4 Å². The van der Waals surface area contributed by atoms with Gasteiger partial charge in [-0.3, -0.25) is 0 Å². The molecule has 0 aliphatic heterocycles. The fraction of sp³-hybridized carbons (Fsp3) is 0.467. The molecule has 2 amide bonds. The summed E-state index contributed by atoms with van der Waals surface area (Å²) in [6.45, 7) is 0.632. The second-order valence-electron chi connectivity index (χ2n) is 5.65. The molecule has 1 saturated carbocycles. The Kier molecular flexibility index (Phi) is 3.96. The predicted octanol–water partition coefficient (Wildman–Crippen LogP) is 2.77. The Labute approximate surface area is 128 Å². The smallest absolute Gasteiger partial charge is 0.318 e. The normalized spacial score (nSPS) is 15.7. The van der Waals surface area contributed by atoms with Crippen molar-refractivity contribution in [3.63, 3.8) is 0 Å². The van der Waals surface area contributed by atoms with Crippen LogP contribution in [0.4, 0.5) is 4.79 Å². The number of carbonyl (C=O) groups excluding carboxylic acids is 1. The fourth-order valence-corrected chi connectivity index (χ4v) is 3.13. The molecule has 1 aliphatic rings. The highest BCUT2D eigenvalue weighted by Crippen LogP contribution is 2.40. The lowest BCUT2D eigenvalue weighted by molar-refractivity contribution is 0.200. The van der Waals surface area contributed by atoms with Crippen LogP contribution >= 0.6 is 11.3 Å². The Bertz CT molecular complexity index is 603. The zero-order valence-electron chi connectivity index (χ0n) is 12.3. The number of aryl methyl sites for hydroxylation is 1. The maximum absolute atomic E-state index is 12.4. The van der Waals surface area contributed by atoms with Gasteiger partial charge in [0.05, 0.1) is 6.04 Å². The SMILES string of the molecule is CN(Cc1ccsc1)C(=O)N[C@H](c1nccn1C)C1CC1. The summed E-state index contributed by atoms with van der Waals surface area (Å²) in [5, 5.41) is 7.24. The van der Waals surface area contributed by atoms with Crippen LogP contribution in [0.25, 0.3) is 0 Å². The van der Waals surface area contributed by atoms with Gasteiger partial charge in [-0.05, 0) is 41.1 Å². The molecule has 112 valence electrons. The summed E-state index contributed by atoms with van der Waals surface area (Å²) in [6.07, 6.45) is 6.02. The van der Waals surface area contributed by atoms with E-state index < -0.39 is 0 Å². The molecule has 5 nitrogen and oxygen atoms in total. The quantitative estimate of drug-likeness (QED) is 0.923. The second-order valence-corrected chi connectivity index (χ2v) is 6.43. The van der Waals surface area contributed by atoms with E-state index in [1.165, 1.54) is 0 Å². The molecule has 6 heteroatoms. The first kappa shape index (κ1) is 14.1. The van der Waals surface area contributed by atoms with Crippen molar-refractivity contribution in [3.8, 4) is 0 Å². The van der Waals surface area contributed by atoms with Crippen LogP contribution in [0, 0.1) is 5.92 Å². The molecule has 3 rings (SSSR count). The minimum Gasteiger partial charge on any atom is -0.336 e.